The van der Waals surface area contributed by atoms with Crippen molar-refractivity contribution in [1.29, 1.82) is 0 Å². The van der Waals surface area contributed by atoms with E-state index >= 15 is 0 Å². The van der Waals surface area contributed by atoms with E-state index in [4.69, 9.17) is 0 Å². The summed E-state index contributed by atoms with van der Waals surface area (Å²) in [6.07, 6.45) is 3.65. The van der Waals surface area contributed by atoms with Gasteiger partial charge in [-0.3, -0.25) is 5.10 Å². The first-order chi connectivity index (χ1) is 8.83. The molecular weight excluding hydrogens is 226 g/mol. The standard InChI is InChI=1S/C13H13N5/c1-9-13(14-6-10-7-15-16-8-10)18-12-5-3-2-4-11(12)17-9/h2-5,7-8H,6H2,1H3,(H,14,18)(H,15,16). The second kappa shape index (κ2) is 4.44. The van der Waals surface area contributed by atoms with Crippen LogP contribution in [0, 0.1) is 6.92 Å². The van der Waals surface area contributed by atoms with E-state index in [2.05, 4.69) is 25.5 Å². The number of nitrogens with zero attached hydrogens (tertiary/aromatic N) is 3. The highest BCUT2D eigenvalue weighted by Crippen LogP contribution is 2.16. The summed E-state index contributed by atoms with van der Waals surface area (Å²) in [4.78, 5) is 9.10. The largest absolute Gasteiger partial charge is 0.364 e. The van der Waals surface area contributed by atoms with Gasteiger partial charge in [-0.15, -0.1) is 0 Å². The van der Waals surface area contributed by atoms with Crippen LogP contribution in [0.15, 0.2) is 36.7 Å². The van der Waals surface area contributed by atoms with E-state index in [1.165, 1.54) is 0 Å². The number of aromatic amines is 1. The number of H-pyrrole nitrogens is 1. The topological polar surface area (TPSA) is 66.5 Å². The van der Waals surface area contributed by atoms with Gasteiger partial charge in [0.1, 0.15) is 5.82 Å². The quantitative estimate of drug-likeness (QED) is 0.735. The molecule has 90 valence electrons. The van der Waals surface area contributed by atoms with Gasteiger partial charge in [-0.2, -0.15) is 5.10 Å². The number of aromatic nitrogens is 4. The number of hydrogen-bond donors (Lipinski definition) is 2. The third-order valence-corrected chi connectivity index (χ3v) is 2.76. The Hall–Kier alpha value is -2.43. The molecule has 0 aliphatic rings. The summed E-state index contributed by atoms with van der Waals surface area (Å²) in [5, 5.41) is 9.96. The Morgan fingerprint density at radius 3 is 2.67 bits per heavy atom. The van der Waals surface area contributed by atoms with Crippen molar-refractivity contribution in [2.45, 2.75) is 13.5 Å². The van der Waals surface area contributed by atoms with Crippen LogP contribution < -0.4 is 5.32 Å². The average Bonchev–Trinajstić information content (AvgIpc) is 2.89. The zero-order valence-corrected chi connectivity index (χ0v) is 10.0. The van der Waals surface area contributed by atoms with E-state index in [1.807, 2.05) is 37.4 Å². The lowest BCUT2D eigenvalue weighted by molar-refractivity contribution is 1.08. The molecular formula is C13H13N5. The lowest BCUT2D eigenvalue weighted by Crippen LogP contribution is -2.04. The molecule has 0 unspecified atom stereocenters. The fourth-order valence-electron chi connectivity index (χ4n) is 1.82. The van der Waals surface area contributed by atoms with E-state index in [9.17, 15) is 0 Å². The molecule has 2 aromatic heterocycles. The lowest BCUT2D eigenvalue weighted by atomic mass is 10.3. The van der Waals surface area contributed by atoms with Gasteiger partial charge in [-0.25, -0.2) is 9.97 Å². The molecule has 2 N–H and O–H groups in total. The summed E-state index contributed by atoms with van der Waals surface area (Å²) in [5.41, 5.74) is 3.81. The predicted molar refractivity (Wildman–Crippen MR) is 70.2 cm³/mol. The fourth-order valence-corrected chi connectivity index (χ4v) is 1.82. The van der Waals surface area contributed by atoms with Crippen LogP contribution >= 0.6 is 0 Å². The van der Waals surface area contributed by atoms with Gasteiger partial charge in [-0.05, 0) is 19.1 Å². The van der Waals surface area contributed by atoms with Crippen molar-refractivity contribution < 1.29 is 0 Å². The van der Waals surface area contributed by atoms with Crippen molar-refractivity contribution in [2.75, 3.05) is 5.32 Å². The first-order valence-corrected chi connectivity index (χ1v) is 5.78. The highest BCUT2D eigenvalue weighted by atomic mass is 15.1. The Labute approximate surface area is 104 Å². The first kappa shape index (κ1) is 10.7. The number of fused-ring (bicyclic) bond motifs is 1. The number of rotatable bonds is 3. The molecule has 0 saturated carbocycles. The smallest absolute Gasteiger partial charge is 0.148 e. The number of hydrogen-bond acceptors (Lipinski definition) is 4. The molecule has 5 nitrogen and oxygen atoms in total. The van der Waals surface area contributed by atoms with Crippen molar-refractivity contribution in [3.63, 3.8) is 0 Å². The minimum atomic E-state index is 0.685. The van der Waals surface area contributed by atoms with E-state index in [0.29, 0.717) is 6.54 Å². The number of aryl methyl sites for hydroxylation is 1. The maximum absolute atomic E-state index is 4.57. The second-order valence-corrected chi connectivity index (χ2v) is 4.11. The summed E-state index contributed by atoms with van der Waals surface area (Å²) in [6.45, 7) is 2.64. The van der Waals surface area contributed by atoms with Crippen molar-refractivity contribution in [3.8, 4) is 0 Å². The zero-order valence-electron chi connectivity index (χ0n) is 10.0. The molecule has 3 aromatic rings. The Balaban J connectivity index is 1.89. The molecule has 0 fully saturated rings. The molecule has 0 bridgehead atoms. The van der Waals surface area contributed by atoms with Crippen molar-refractivity contribution in [2.24, 2.45) is 0 Å². The van der Waals surface area contributed by atoms with Gasteiger partial charge in [0, 0.05) is 18.3 Å². The molecule has 1 aromatic carbocycles. The van der Waals surface area contributed by atoms with E-state index in [-0.39, 0.29) is 0 Å². The average molecular weight is 239 g/mol. The summed E-state index contributed by atoms with van der Waals surface area (Å²) >= 11 is 0. The number of benzene rings is 1. The lowest BCUT2D eigenvalue weighted by Gasteiger charge is -2.08. The maximum atomic E-state index is 4.57. The van der Waals surface area contributed by atoms with Crippen LogP contribution in [-0.4, -0.2) is 20.2 Å². The summed E-state index contributed by atoms with van der Waals surface area (Å²) < 4.78 is 0. The van der Waals surface area contributed by atoms with E-state index in [0.717, 1.165) is 28.1 Å². The molecule has 0 radical (unpaired) electrons. The van der Waals surface area contributed by atoms with Gasteiger partial charge in [0.25, 0.3) is 0 Å². The highest BCUT2D eigenvalue weighted by molar-refractivity contribution is 5.76. The van der Waals surface area contributed by atoms with Crippen LogP contribution in [0.3, 0.4) is 0 Å². The number of nitrogens with one attached hydrogen (secondary N) is 2. The van der Waals surface area contributed by atoms with Crippen molar-refractivity contribution in [1.82, 2.24) is 20.2 Å². The summed E-state index contributed by atoms with van der Waals surface area (Å²) in [7, 11) is 0. The van der Waals surface area contributed by atoms with Gasteiger partial charge in [0.05, 0.1) is 22.9 Å². The van der Waals surface area contributed by atoms with Crippen LogP contribution in [0.4, 0.5) is 5.82 Å². The zero-order chi connectivity index (χ0) is 12.4. The predicted octanol–water partition coefficient (Wildman–Crippen LogP) is 2.27. The highest BCUT2D eigenvalue weighted by Gasteiger charge is 2.04. The normalized spacial score (nSPS) is 10.7. The van der Waals surface area contributed by atoms with Crippen LogP contribution in [0.1, 0.15) is 11.3 Å². The van der Waals surface area contributed by atoms with Crippen LogP contribution in [0.5, 0.6) is 0 Å². The van der Waals surface area contributed by atoms with Gasteiger partial charge >= 0.3 is 0 Å². The Morgan fingerprint density at radius 2 is 1.94 bits per heavy atom. The van der Waals surface area contributed by atoms with Crippen LogP contribution in [0.25, 0.3) is 11.0 Å². The second-order valence-electron chi connectivity index (χ2n) is 4.11. The minimum Gasteiger partial charge on any atom is -0.364 e. The van der Waals surface area contributed by atoms with E-state index < -0.39 is 0 Å². The summed E-state index contributed by atoms with van der Waals surface area (Å²) in [5.74, 6) is 0.815. The third-order valence-electron chi connectivity index (χ3n) is 2.76. The van der Waals surface area contributed by atoms with Gasteiger partial charge in [0.15, 0.2) is 0 Å². The molecule has 0 amide bonds. The SMILES string of the molecule is Cc1nc2ccccc2nc1NCc1cn[nH]c1. The summed E-state index contributed by atoms with van der Waals surface area (Å²) in [6, 6.07) is 7.86. The first-order valence-electron chi connectivity index (χ1n) is 5.78. The Bertz CT molecular complexity index is 660. The van der Waals surface area contributed by atoms with Gasteiger partial charge in [0.2, 0.25) is 0 Å². The molecule has 0 atom stereocenters. The number of anilines is 1. The van der Waals surface area contributed by atoms with Crippen LogP contribution in [0.2, 0.25) is 0 Å². The van der Waals surface area contributed by atoms with E-state index in [1.54, 1.807) is 6.20 Å². The van der Waals surface area contributed by atoms with Crippen LogP contribution in [-0.2, 0) is 6.54 Å². The minimum absolute atomic E-state index is 0.685. The van der Waals surface area contributed by atoms with Gasteiger partial charge in [-0.1, -0.05) is 12.1 Å². The monoisotopic (exact) mass is 239 g/mol. The molecule has 0 aliphatic carbocycles. The molecule has 3 rings (SSSR count). The Kier molecular flexibility index (Phi) is 2.64. The van der Waals surface area contributed by atoms with Crippen molar-refractivity contribution >= 4 is 16.9 Å². The molecule has 0 spiro atoms. The third kappa shape index (κ3) is 2.02. The maximum Gasteiger partial charge on any atom is 0.148 e. The Morgan fingerprint density at radius 1 is 1.17 bits per heavy atom. The fraction of sp³-hybridized carbons (Fsp3) is 0.154. The molecule has 0 saturated heterocycles. The van der Waals surface area contributed by atoms with Gasteiger partial charge < -0.3 is 5.32 Å². The van der Waals surface area contributed by atoms with Crippen molar-refractivity contribution in [3.05, 3.63) is 47.9 Å². The molecule has 5 heteroatoms. The molecule has 18 heavy (non-hydrogen) atoms. The number of para-hydroxylation sites is 2. The molecule has 0 aliphatic heterocycles. The molecule has 2 heterocycles.